The predicted molar refractivity (Wildman–Crippen MR) is 80.5 cm³/mol. The Bertz CT molecular complexity index is 585. The summed E-state index contributed by atoms with van der Waals surface area (Å²) in [5.74, 6) is 0.823. The van der Waals surface area contributed by atoms with Crippen molar-refractivity contribution >= 4 is 45.9 Å². The van der Waals surface area contributed by atoms with Gasteiger partial charge in [0.2, 0.25) is 16.9 Å². The first kappa shape index (κ1) is 15.4. The molecule has 0 aliphatic carbocycles. The quantitative estimate of drug-likeness (QED) is 0.826. The minimum absolute atomic E-state index is 0.147. The number of anilines is 2. The maximum atomic E-state index is 11.6. The first-order valence-corrected chi connectivity index (χ1v) is 7.91. The van der Waals surface area contributed by atoms with Crippen LogP contribution in [-0.2, 0) is 9.59 Å². The lowest BCUT2D eigenvalue weighted by Gasteiger charge is -2.02. The van der Waals surface area contributed by atoms with Crippen molar-refractivity contribution in [1.82, 2.24) is 15.4 Å². The Labute approximate surface area is 128 Å². The average Bonchev–Trinajstić information content (AvgIpc) is 2.98. The van der Waals surface area contributed by atoms with Crippen molar-refractivity contribution in [3.63, 3.8) is 0 Å². The van der Waals surface area contributed by atoms with Crippen molar-refractivity contribution in [3.8, 4) is 0 Å². The van der Waals surface area contributed by atoms with Gasteiger partial charge in [-0.3, -0.25) is 14.9 Å². The van der Waals surface area contributed by atoms with Gasteiger partial charge in [0, 0.05) is 6.07 Å². The molecule has 2 aromatic rings. The third kappa shape index (κ3) is 5.16. The zero-order valence-electron chi connectivity index (χ0n) is 11.4. The largest absolute Gasteiger partial charge is 0.360 e. The molecule has 2 aromatic heterocycles. The predicted octanol–water partition coefficient (Wildman–Crippen LogP) is 1.45. The van der Waals surface area contributed by atoms with Crippen LogP contribution >= 0.6 is 23.1 Å². The van der Waals surface area contributed by atoms with E-state index in [0.29, 0.717) is 16.7 Å². The van der Waals surface area contributed by atoms with Gasteiger partial charge in [-0.2, -0.15) is 0 Å². The van der Waals surface area contributed by atoms with E-state index in [2.05, 4.69) is 26.0 Å². The van der Waals surface area contributed by atoms with Crippen LogP contribution in [0.2, 0.25) is 0 Å². The second kappa shape index (κ2) is 7.18. The number of hydrogen-bond acceptors (Lipinski definition) is 8. The number of aromatic nitrogens is 3. The van der Waals surface area contributed by atoms with Gasteiger partial charge >= 0.3 is 0 Å². The van der Waals surface area contributed by atoms with Crippen LogP contribution in [-0.4, -0.2) is 38.7 Å². The van der Waals surface area contributed by atoms with E-state index in [1.807, 2.05) is 0 Å². The highest BCUT2D eigenvalue weighted by atomic mass is 32.2. The van der Waals surface area contributed by atoms with Crippen LogP contribution in [0.15, 0.2) is 10.6 Å². The molecular weight excluding hydrogens is 314 g/mol. The topological polar surface area (TPSA) is 110 Å². The second-order valence-electron chi connectivity index (χ2n) is 4.04. The van der Waals surface area contributed by atoms with E-state index in [1.54, 1.807) is 19.9 Å². The number of thioether (sulfide) groups is 1. The van der Waals surface area contributed by atoms with Crippen LogP contribution in [0.4, 0.5) is 10.9 Å². The van der Waals surface area contributed by atoms with E-state index in [-0.39, 0.29) is 23.3 Å². The lowest BCUT2D eigenvalue weighted by molar-refractivity contribution is -0.114. The van der Waals surface area contributed by atoms with Gasteiger partial charge in [-0.15, -0.1) is 22.0 Å². The van der Waals surface area contributed by atoms with Gasteiger partial charge in [-0.25, -0.2) is 0 Å². The number of amides is 2. The first-order valence-electron chi connectivity index (χ1n) is 5.94. The minimum atomic E-state index is -0.243. The van der Waals surface area contributed by atoms with Crippen molar-refractivity contribution in [2.45, 2.75) is 13.8 Å². The summed E-state index contributed by atoms with van der Waals surface area (Å²) in [5.41, 5.74) is 0. The fraction of sp³-hybridized carbons (Fsp3) is 0.364. The summed E-state index contributed by atoms with van der Waals surface area (Å²) in [5, 5.41) is 17.7. The Kier molecular flexibility index (Phi) is 5.28. The van der Waals surface area contributed by atoms with Crippen molar-refractivity contribution in [3.05, 3.63) is 16.8 Å². The molecular formula is C11H13N5O3S2. The molecule has 8 nitrogen and oxygen atoms in total. The molecule has 2 rings (SSSR count). The average molecular weight is 327 g/mol. The van der Waals surface area contributed by atoms with E-state index in [0.717, 1.165) is 5.01 Å². The minimum Gasteiger partial charge on any atom is -0.360 e. The molecule has 112 valence electrons. The van der Waals surface area contributed by atoms with Crippen LogP contribution in [0.25, 0.3) is 0 Å². The van der Waals surface area contributed by atoms with Gasteiger partial charge in [0.05, 0.1) is 11.5 Å². The Morgan fingerprint density at radius 1 is 1.24 bits per heavy atom. The smallest absolute Gasteiger partial charge is 0.236 e. The lowest BCUT2D eigenvalue weighted by Crippen LogP contribution is -2.18. The molecule has 0 bridgehead atoms. The second-order valence-corrected chi connectivity index (χ2v) is 6.21. The van der Waals surface area contributed by atoms with Gasteiger partial charge < -0.3 is 9.84 Å². The summed E-state index contributed by atoms with van der Waals surface area (Å²) in [4.78, 5) is 23.2. The van der Waals surface area contributed by atoms with Crippen molar-refractivity contribution in [2.75, 3.05) is 22.1 Å². The summed E-state index contributed by atoms with van der Waals surface area (Å²) in [6.45, 7) is 3.54. The number of nitrogens with zero attached hydrogens (tertiary/aromatic N) is 3. The lowest BCUT2D eigenvalue weighted by atomic mass is 10.5. The summed E-state index contributed by atoms with van der Waals surface area (Å²) in [6.07, 6.45) is 0. The Morgan fingerprint density at radius 2 is 1.95 bits per heavy atom. The monoisotopic (exact) mass is 327 g/mol. The summed E-state index contributed by atoms with van der Waals surface area (Å²) in [7, 11) is 0. The molecule has 10 heteroatoms. The van der Waals surface area contributed by atoms with Gasteiger partial charge in [-0.05, 0) is 13.8 Å². The highest BCUT2D eigenvalue weighted by molar-refractivity contribution is 8.00. The number of carbonyl (C=O) groups is 2. The maximum absolute atomic E-state index is 11.6. The van der Waals surface area contributed by atoms with Gasteiger partial charge in [0.15, 0.2) is 5.82 Å². The zero-order chi connectivity index (χ0) is 15.2. The molecule has 2 heterocycles. The molecule has 21 heavy (non-hydrogen) atoms. The molecule has 0 aromatic carbocycles. The third-order valence-electron chi connectivity index (χ3n) is 2.13. The number of aryl methyl sites for hydroxylation is 2. The Hall–Kier alpha value is -1.94. The van der Waals surface area contributed by atoms with Gasteiger partial charge in [-0.1, -0.05) is 16.5 Å². The summed E-state index contributed by atoms with van der Waals surface area (Å²) >= 11 is 2.49. The van der Waals surface area contributed by atoms with E-state index in [1.165, 1.54) is 23.1 Å². The van der Waals surface area contributed by atoms with E-state index < -0.39 is 0 Å². The zero-order valence-corrected chi connectivity index (χ0v) is 13.0. The van der Waals surface area contributed by atoms with Crippen LogP contribution in [0.5, 0.6) is 0 Å². The SMILES string of the molecule is Cc1cc(NC(=O)CSCC(=O)Nc2nnc(C)s2)no1. The summed E-state index contributed by atoms with van der Waals surface area (Å²) in [6, 6.07) is 1.62. The molecule has 0 atom stereocenters. The van der Waals surface area contributed by atoms with E-state index >= 15 is 0 Å². The summed E-state index contributed by atoms with van der Waals surface area (Å²) < 4.78 is 4.83. The third-order valence-corrected chi connectivity index (χ3v) is 3.82. The Balaban J connectivity index is 1.66. The standard InChI is InChI=1S/C11H13N5O3S2/c1-6-3-8(16-19-6)12-9(17)4-20-5-10(18)13-11-15-14-7(2)21-11/h3H,4-5H2,1-2H3,(H,12,16,17)(H,13,15,18). The Morgan fingerprint density at radius 3 is 2.52 bits per heavy atom. The van der Waals surface area contributed by atoms with Crippen molar-refractivity contribution < 1.29 is 14.1 Å². The van der Waals surface area contributed by atoms with E-state index in [9.17, 15) is 9.59 Å². The molecule has 0 saturated carbocycles. The van der Waals surface area contributed by atoms with Crippen LogP contribution < -0.4 is 10.6 Å². The molecule has 0 unspecified atom stereocenters. The fourth-order valence-electron chi connectivity index (χ4n) is 1.34. The van der Waals surface area contributed by atoms with Crippen molar-refractivity contribution in [1.29, 1.82) is 0 Å². The molecule has 0 aliphatic heterocycles. The molecule has 0 fully saturated rings. The number of rotatable bonds is 6. The number of nitrogens with one attached hydrogen (secondary N) is 2. The van der Waals surface area contributed by atoms with Crippen LogP contribution in [0.3, 0.4) is 0 Å². The normalized spacial score (nSPS) is 10.4. The molecule has 2 amide bonds. The van der Waals surface area contributed by atoms with E-state index in [4.69, 9.17) is 4.52 Å². The molecule has 0 spiro atoms. The number of carbonyl (C=O) groups excluding carboxylic acids is 2. The molecule has 0 aliphatic rings. The first-order chi connectivity index (χ1) is 10.0. The molecule has 0 saturated heterocycles. The van der Waals surface area contributed by atoms with Crippen LogP contribution in [0.1, 0.15) is 10.8 Å². The highest BCUT2D eigenvalue weighted by Gasteiger charge is 2.10. The number of hydrogen-bond donors (Lipinski definition) is 2. The fourth-order valence-corrected chi connectivity index (χ4v) is 2.57. The van der Waals surface area contributed by atoms with Crippen LogP contribution in [0, 0.1) is 13.8 Å². The van der Waals surface area contributed by atoms with Crippen molar-refractivity contribution in [2.24, 2.45) is 0 Å². The highest BCUT2D eigenvalue weighted by Crippen LogP contribution is 2.14. The molecule has 0 radical (unpaired) electrons. The van der Waals surface area contributed by atoms with Gasteiger partial charge in [0.25, 0.3) is 0 Å². The molecule has 2 N–H and O–H groups in total. The van der Waals surface area contributed by atoms with Gasteiger partial charge in [0.1, 0.15) is 10.8 Å². The maximum Gasteiger partial charge on any atom is 0.236 e.